The first-order chi connectivity index (χ1) is 7.84. The fourth-order valence-corrected chi connectivity index (χ4v) is 3.07. The molecule has 2 aromatic heterocycles. The summed E-state index contributed by atoms with van der Waals surface area (Å²) in [5.74, 6) is 0. The molecule has 0 spiro atoms. The van der Waals surface area contributed by atoms with Gasteiger partial charge in [0.2, 0.25) is 0 Å². The molecule has 1 atom stereocenters. The van der Waals surface area contributed by atoms with E-state index >= 15 is 0 Å². The largest absolute Gasteiger partial charge is 0.313 e. The van der Waals surface area contributed by atoms with Gasteiger partial charge in [-0.3, -0.25) is 4.79 Å². The lowest BCUT2D eigenvalue weighted by molar-refractivity contribution is 0.501. The first-order valence-electron chi connectivity index (χ1n) is 5.64. The number of aromatic nitrogens is 1. The van der Waals surface area contributed by atoms with Crippen LogP contribution in [-0.2, 0) is 6.54 Å². The average Bonchev–Trinajstić information content (AvgIpc) is 2.93. The fourth-order valence-electron chi connectivity index (χ4n) is 2.30. The third-order valence-electron chi connectivity index (χ3n) is 3.17. The molecule has 1 unspecified atom stereocenters. The molecular weight excluding hydrogens is 220 g/mol. The lowest BCUT2D eigenvalue weighted by Crippen LogP contribution is -2.31. The van der Waals surface area contributed by atoms with Gasteiger partial charge in [0, 0.05) is 23.5 Å². The SMILES string of the molecule is O=c1c2ccsc2ccn1CC1CCCN1. The standard InChI is InChI=1S/C12H14N2OS/c15-12-10-4-7-16-11(10)3-6-14(12)8-9-2-1-5-13-9/h3-4,6-7,9,13H,1-2,5,8H2. The summed E-state index contributed by atoms with van der Waals surface area (Å²) in [7, 11) is 0. The van der Waals surface area contributed by atoms with Crippen LogP contribution in [0, 0.1) is 0 Å². The van der Waals surface area contributed by atoms with Crippen LogP contribution in [0.4, 0.5) is 0 Å². The highest BCUT2D eigenvalue weighted by Gasteiger charge is 2.15. The van der Waals surface area contributed by atoms with E-state index in [1.54, 1.807) is 11.3 Å². The highest BCUT2D eigenvalue weighted by molar-refractivity contribution is 7.17. The number of pyridine rings is 1. The lowest BCUT2D eigenvalue weighted by Gasteiger charge is -2.12. The summed E-state index contributed by atoms with van der Waals surface area (Å²) >= 11 is 1.62. The summed E-state index contributed by atoms with van der Waals surface area (Å²) in [6.07, 6.45) is 4.31. The van der Waals surface area contributed by atoms with E-state index in [1.807, 2.05) is 28.3 Å². The van der Waals surface area contributed by atoms with Crippen molar-refractivity contribution in [1.82, 2.24) is 9.88 Å². The molecule has 0 amide bonds. The molecule has 0 aromatic carbocycles. The van der Waals surface area contributed by atoms with Crippen LogP contribution in [-0.4, -0.2) is 17.2 Å². The van der Waals surface area contributed by atoms with Gasteiger partial charge in [0.25, 0.3) is 5.56 Å². The van der Waals surface area contributed by atoms with Crippen LogP contribution in [0.3, 0.4) is 0 Å². The fraction of sp³-hybridized carbons (Fsp3) is 0.417. The van der Waals surface area contributed by atoms with Crippen LogP contribution in [0.25, 0.3) is 10.1 Å². The molecule has 0 saturated carbocycles. The predicted octanol–water partition coefficient (Wildman–Crippen LogP) is 1.81. The van der Waals surface area contributed by atoms with Gasteiger partial charge in [-0.1, -0.05) is 0 Å². The minimum absolute atomic E-state index is 0.146. The zero-order chi connectivity index (χ0) is 11.0. The molecule has 2 aromatic rings. The van der Waals surface area contributed by atoms with Gasteiger partial charge in [-0.05, 0) is 36.9 Å². The third kappa shape index (κ3) is 1.68. The van der Waals surface area contributed by atoms with E-state index in [9.17, 15) is 4.79 Å². The van der Waals surface area contributed by atoms with Crippen molar-refractivity contribution < 1.29 is 0 Å². The topological polar surface area (TPSA) is 34.0 Å². The number of hydrogen-bond donors (Lipinski definition) is 1. The maximum atomic E-state index is 12.1. The van der Waals surface area contributed by atoms with Crippen molar-refractivity contribution in [3.8, 4) is 0 Å². The monoisotopic (exact) mass is 234 g/mol. The van der Waals surface area contributed by atoms with Gasteiger partial charge < -0.3 is 9.88 Å². The summed E-state index contributed by atoms with van der Waals surface area (Å²) in [5.41, 5.74) is 0.146. The van der Waals surface area contributed by atoms with Gasteiger partial charge in [0.15, 0.2) is 0 Å². The molecule has 0 aliphatic carbocycles. The molecule has 1 fully saturated rings. The molecule has 16 heavy (non-hydrogen) atoms. The van der Waals surface area contributed by atoms with Crippen molar-refractivity contribution in [2.45, 2.75) is 25.4 Å². The van der Waals surface area contributed by atoms with Gasteiger partial charge in [-0.25, -0.2) is 0 Å². The number of nitrogens with one attached hydrogen (secondary N) is 1. The quantitative estimate of drug-likeness (QED) is 0.860. The van der Waals surface area contributed by atoms with E-state index in [0.717, 1.165) is 23.2 Å². The minimum Gasteiger partial charge on any atom is -0.313 e. The van der Waals surface area contributed by atoms with Crippen molar-refractivity contribution in [2.75, 3.05) is 6.54 Å². The molecule has 1 N–H and O–H groups in total. The summed E-state index contributed by atoms with van der Waals surface area (Å²) in [6, 6.07) is 4.42. The smallest absolute Gasteiger partial charge is 0.259 e. The van der Waals surface area contributed by atoms with Crippen LogP contribution >= 0.6 is 11.3 Å². The van der Waals surface area contributed by atoms with Crippen LogP contribution in [0.1, 0.15) is 12.8 Å². The molecule has 1 aliphatic rings. The summed E-state index contributed by atoms with van der Waals surface area (Å²) in [5, 5.41) is 6.25. The zero-order valence-corrected chi connectivity index (χ0v) is 9.80. The molecule has 0 radical (unpaired) electrons. The Kier molecular flexibility index (Phi) is 2.53. The van der Waals surface area contributed by atoms with Crippen LogP contribution in [0.5, 0.6) is 0 Å². The molecule has 1 saturated heterocycles. The minimum atomic E-state index is 0.146. The number of thiophene rings is 1. The average molecular weight is 234 g/mol. The molecule has 3 rings (SSSR count). The van der Waals surface area contributed by atoms with Crippen molar-refractivity contribution in [2.24, 2.45) is 0 Å². The van der Waals surface area contributed by atoms with Crippen LogP contribution < -0.4 is 10.9 Å². The van der Waals surface area contributed by atoms with Crippen molar-refractivity contribution >= 4 is 21.4 Å². The lowest BCUT2D eigenvalue weighted by atomic mass is 10.2. The highest BCUT2D eigenvalue weighted by Crippen LogP contribution is 2.16. The van der Waals surface area contributed by atoms with Crippen LogP contribution in [0.2, 0.25) is 0 Å². The second-order valence-electron chi connectivity index (χ2n) is 4.27. The summed E-state index contributed by atoms with van der Waals surface area (Å²) in [6.45, 7) is 1.88. The zero-order valence-electron chi connectivity index (χ0n) is 8.98. The van der Waals surface area contributed by atoms with Crippen molar-refractivity contribution in [1.29, 1.82) is 0 Å². The molecule has 4 heteroatoms. The van der Waals surface area contributed by atoms with Crippen molar-refractivity contribution in [3.05, 3.63) is 34.1 Å². The number of rotatable bonds is 2. The number of nitrogens with zero attached hydrogens (tertiary/aromatic N) is 1. The van der Waals surface area contributed by atoms with Gasteiger partial charge in [0.05, 0.1) is 5.39 Å². The Morgan fingerprint density at radius 2 is 2.44 bits per heavy atom. The van der Waals surface area contributed by atoms with E-state index in [2.05, 4.69) is 5.32 Å². The van der Waals surface area contributed by atoms with Crippen molar-refractivity contribution in [3.63, 3.8) is 0 Å². The van der Waals surface area contributed by atoms with Gasteiger partial charge in [0.1, 0.15) is 0 Å². The Bertz CT molecular complexity index is 551. The van der Waals surface area contributed by atoms with E-state index < -0.39 is 0 Å². The Morgan fingerprint density at radius 1 is 1.50 bits per heavy atom. The number of hydrogen-bond acceptors (Lipinski definition) is 3. The Balaban J connectivity index is 1.96. The first kappa shape index (κ1) is 10.1. The third-order valence-corrected chi connectivity index (χ3v) is 4.05. The Hall–Kier alpha value is -1.13. The summed E-state index contributed by atoms with van der Waals surface area (Å²) < 4.78 is 2.92. The molecule has 3 heterocycles. The molecule has 1 aliphatic heterocycles. The van der Waals surface area contributed by atoms with Gasteiger partial charge in [-0.2, -0.15) is 0 Å². The second-order valence-corrected chi connectivity index (χ2v) is 5.21. The molecular formula is C12H14N2OS. The first-order valence-corrected chi connectivity index (χ1v) is 6.52. The summed E-state index contributed by atoms with van der Waals surface area (Å²) in [4.78, 5) is 12.1. The second kappa shape index (κ2) is 4.03. The highest BCUT2D eigenvalue weighted by atomic mass is 32.1. The van der Waals surface area contributed by atoms with E-state index in [4.69, 9.17) is 0 Å². The molecule has 0 bridgehead atoms. The Morgan fingerprint density at radius 3 is 3.25 bits per heavy atom. The molecule has 84 valence electrons. The maximum Gasteiger partial charge on any atom is 0.259 e. The number of fused-ring (bicyclic) bond motifs is 1. The normalized spacial score (nSPS) is 20.6. The van der Waals surface area contributed by atoms with Gasteiger partial charge >= 0.3 is 0 Å². The predicted molar refractivity (Wildman–Crippen MR) is 67.1 cm³/mol. The Labute approximate surface area is 97.7 Å². The van der Waals surface area contributed by atoms with E-state index in [1.165, 1.54) is 12.8 Å². The van der Waals surface area contributed by atoms with Gasteiger partial charge in [-0.15, -0.1) is 11.3 Å². The van der Waals surface area contributed by atoms with E-state index in [-0.39, 0.29) is 5.56 Å². The van der Waals surface area contributed by atoms with E-state index in [0.29, 0.717) is 6.04 Å². The maximum absolute atomic E-state index is 12.1. The van der Waals surface area contributed by atoms with Crippen LogP contribution in [0.15, 0.2) is 28.5 Å². The molecule has 3 nitrogen and oxygen atoms in total.